The summed E-state index contributed by atoms with van der Waals surface area (Å²) in [7, 11) is -0.877. The Bertz CT molecular complexity index is 605. The van der Waals surface area contributed by atoms with E-state index in [1.807, 2.05) is 27.7 Å². The van der Waals surface area contributed by atoms with E-state index in [0.29, 0.717) is 0 Å². The summed E-state index contributed by atoms with van der Waals surface area (Å²) < 4.78 is 69.9. The Hall–Kier alpha value is -0.735. The van der Waals surface area contributed by atoms with Crippen LogP contribution in [0.2, 0.25) is 0 Å². The molecule has 0 atom stereocenters. The van der Waals surface area contributed by atoms with Crippen LogP contribution in [-0.2, 0) is 15.7 Å². The second-order valence-corrected chi connectivity index (χ2v) is 5.04. The van der Waals surface area contributed by atoms with Crippen LogP contribution in [0.3, 0.4) is 0 Å². The maximum atomic E-state index is 7.92. The zero-order valence-electron chi connectivity index (χ0n) is 17.5. The Labute approximate surface area is 113 Å². The van der Waals surface area contributed by atoms with Gasteiger partial charge in [-0.15, -0.1) is 0 Å². The van der Waals surface area contributed by atoms with Gasteiger partial charge in [0.05, 0.1) is 11.2 Å². The molecule has 1 aliphatic rings. The normalized spacial score (nSPS) is 30.6. The molecule has 1 aliphatic heterocycles. The van der Waals surface area contributed by atoms with Crippen molar-refractivity contribution in [1.29, 1.82) is 0 Å². The molecule has 2 heterocycles. The van der Waals surface area contributed by atoms with Crippen molar-refractivity contribution in [1.82, 2.24) is 0 Å². The minimum atomic E-state index is -3.15. The minimum Gasteiger partial charge on any atom is -0.470 e. The van der Waals surface area contributed by atoms with Crippen molar-refractivity contribution < 1.29 is 23.3 Å². The van der Waals surface area contributed by atoms with Gasteiger partial charge in [-0.05, 0) is 46.2 Å². The molecule has 1 saturated heterocycles. The molecule has 0 unspecified atom stereocenters. The molecule has 17 heavy (non-hydrogen) atoms. The fraction of sp³-hybridized carbons (Fsp3) is 0.692. The smallest absolute Gasteiger partial charge is 0.470 e. The van der Waals surface area contributed by atoms with Gasteiger partial charge in [-0.3, -0.25) is 0 Å². The Kier molecular flexibility index (Phi) is 1.58. The topological polar surface area (TPSA) is 31.6 Å². The molecule has 1 aromatic heterocycles. The molecule has 94 valence electrons. The minimum absolute atomic E-state index is 0.161. The molecule has 1 aromatic rings. The third-order valence-corrected chi connectivity index (χ3v) is 3.30. The van der Waals surface area contributed by atoms with E-state index in [4.69, 9.17) is 23.3 Å². The predicted molar refractivity (Wildman–Crippen MR) is 68.4 cm³/mol. The van der Waals surface area contributed by atoms with Crippen molar-refractivity contribution in [2.75, 3.05) is 0 Å². The first-order valence-electron chi connectivity index (χ1n) is 8.99. The Morgan fingerprint density at radius 2 is 1.88 bits per heavy atom. The summed E-state index contributed by atoms with van der Waals surface area (Å²) in [6.07, 6.45) is -5.97. The largest absolute Gasteiger partial charge is 0.532 e. The standard InChI is InChI=1S/C13H21BO3/c1-6-7-10-8-9-11(15-10)14-16-12(2,3)13(4,5)17-14/h8-9H,6-7H2,1-5H3/i1D3,6D2,7D2. The second kappa shape index (κ2) is 4.18. The third kappa shape index (κ3) is 2.29. The van der Waals surface area contributed by atoms with E-state index >= 15 is 0 Å². The number of hydrogen-bond donors (Lipinski definition) is 0. The van der Waals surface area contributed by atoms with E-state index < -0.39 is 43.7 Å². The number of rotatable bonds is 3. The molecule has 0 aliphatic carbocycles. The average molecular weight is 243 g/mol. The summed E-state index contributed by atoms with van der Waals surface area (Å²) in [6.45, 7) is 4.26. The van der Waals surface area contributed by atoms with E-state index in [9.17, 15) is 0 Å². The van der Waals surface area contributed by atoms with Gasteiger partial charge < -0.3 is 13.7 Å². The van der Waals surface area contributed by atoms with Gasteiger partial charge in [0.1, 0.15) is 11.4 Å². The van der Waals surface area contributed by atoms with Crippen LogP contribution in [0.4, 0.5) is 0 Å². The Morgan fingerprint density at radius 1 is 1.24 bits per heavy atom. The summed E-state index contributed by atoms with van der Waals surface area (Å²) in [5.74, 6) is -0.423. The molecule has 0 saturated carbocycles. The van der Waals surface area contributed by atoms with Crippen LogP contribution in [-0.4, -0.2) is 18.3 Å². The van der Waals surface area contributed by atoms with Gasteiger partial charge in [0.25, 0.3) is 0 Å². The van der Waals surface area contributed by atoms with Crippen molar-refractivity contribution >= 4 is 12.8 Å². The average Bonchev–Trinajstić information content (AvgIpc) is 2.92. The van der Waals surface area contributed by atoms with Gasteiger partial charge in [0.15, 0.2) is 0 Å². The molecule has 4 heteroatoms. The molecule has 3 nitrogen and oxygen atoms in total. The zero-order chi connectivity index (χ0) is 18.8. The Balaban J connectivity index is 2.32. The summed E-state index contributed by atoms with van der Waals surface area (Å²) in [4.78, 5) is 0. The van der Waals surface area contributed by atoms with Gasteiger partial charge >= 0.3 is 7.12 Å². The van der Waals surface area contributed by atoms with E-state index in [1.54, 1.807) is 0 Å². The summed E-state index contributed by atoms with van der Waals surface area (Å²) in [6, 6.07) is 2.62. The van der Waals surface area contributed by atoms with Crippen molar-refractivity contribution in [2.45, 2.75) is 58.5 Å². The highest BCUT2D eigenvalue weighted by Crippen LogP contribution is 2.36. The first kappa shape index (κ1) is 6.44. The van der Waals surface area contributed by atoms with Crippen LogP contribution in [0.15, 0.2) is 16.5 Å². The molecule has 0 aromatic carbocycles. The molecule has 0 spiro atoms. The molecular formula is C13H21BO3. The quantitative estimate of drug-likeness (QED) is 0.764. The fourth-order valence-corrected chi connectivity index (χ4v) is 1.57. The first-order chi connectivity index (χ1) is 10.5. The Morgan fingerprint density at radius 3 is 2.47 bits per heavy atom. The zero-order valence-corrected chi connectivity index (χ0v) is 10.5. The fourth-order valence-electron chi connectivity index (χ4n) is 1.57. The van der Waals surface area contributed by atoms with Gasteiger partial charge in [-0.25, -0.2) is 0 Å². The lowest BCUT2D eigenvalue weighted by Gasteiger charge is -2.32. The highest BCUT2D eigenvalue weighted by atomic mass is 16.7. The SMILES string of the molecule is [2H]C([2H])([2H])C([2H])([2H])C([2H])([2H])c1ccc(B2OC(C)(C)C(C)(C)O2)o1. The molecular weight excluding hydrogens is 215 g/mol. The molecule has 0 amide bonds. The van der Waals surface area contributed by atoms with Gasteiger partial charge in [-0.2, -0.15) is 0 Å². The predicted octanol–water partition coefficient (Wildman–Crippen LogP) is 2.53. The van der Waals surface area contributed by atoms with Crippen LogP contribution in [0.1, 0.15) is 56.3 Å². The number of furan rings is 1. The molecule has 1 fully saturated rings. The highest BCUT2D eigenvalue weighted by Gasteiger charge is 2.53. The lowest BCUT2D eigenvalue weighted by atomic mass is 9.86. The van der Waals surface area contributed by atoms with Crippen LogP contribution in [0.5, 0.6) is 0 Å². The van der Waals surface area contributed by atoms with Crippen LogP contribution < -0.4 is 5.66 Å². The van der Waals surface area contributed by atoms with Crippen molar-refractivity contribution in [3.05, 3.63) is 17.9 Å². The molecule has 0 radical (unpaired) electrons. The van der Waals surface area contributed by atoms with Crippen molar-refractivity contribution in [3.8, 4) is 0 Å². The van der Waals surface area contributed by atoms with Crippen molar-refractivity contribution in [3.63, 3.8) is 0 Å². The van der Waals surface area contributed by atoms with Gasteiger partial charge in [0, 0.05) is 16.0 Å². The van der Waals surface area contributed by atoms with Crippen LogP contribution >= 0.6 is 0 Å². The second-order valence-electron chi connectivity index (χ2n) is 5.04. The van der Waals surface area contributed by atoms with E-state index in [1.165, 1.54) is 12.1 Å². The lowest BCUT2D eigenvalue weighted by Crippen LogP contribution is -2.41. The van der Waals surface area contributed by atoms with E-state index in [-0.39, 0.29) is 5.66 Å². The van der Waals surface area contributed by atoms with Gasteiger partial charge in [-0.1, -0.05) is 6.85 Å². The maximum Gasteiger partial charge on any atom is 0.532 e. The van der Waals surface area contributed by atoms with Gasteiger partial charge in [0.2, 0.25) is 0 Å². The highest BCUT2D eigenvalue weighted by molar-refractivity contribution is 6.60. The molecule has 2 rings (SSSR count). The van der Waals surface area contributed by atoms with E-state index in [0.717, 1.165) is 0 Å². The maximum absolute atomic E-state index is 7.92. The van der Waals surface area contributed by atoms with Crippen LogP contribution in [0.25, 0.3) is 0 Å². The summed E-state index contributed by atoms with van der Waals surface area (Å²) >= 11 is 0. The summed E-state index contributed by atoms with van der Waals surface area (Å²) in [5, 5.41) is 0. The molecule has 0 N–H and O–H groups in total. The van der Waals surface area contributed by atoms with Crippen molar-refractivity contribution in [2.24, 2.45) is 0 Å². The van der Waals surface area contributed by atoms with E-state index in [2.05, 4.69) is 0 Å². The van der Waals surface area contributed by atoms with Crippen LogP contribution in [0, 0.1) is 0 Å². The molecule has 0 bridgehead atoms. The lowest BCUT2D eigenvalue weighted by molar-refractivity contribution is 0.00578. The number of hydrogen-bond acceptors (Lipinski definition) is 3. The first-order valence-corrected chi connectivity index (χ1v) is 5.49. The third-order valence-electron chi connectivity index (χ3n) is 3.30. The number of aryl methyl sites for hydroxylation is 1. The monoisotopic (exact) mass is 243 g/mol. The summed E-state index contributed by atoms with van der Waals surface area (Å²) in [5.41, 5.74) is -1.07.